The van der Waals surface area contributed by atoms with Crippen LogP contribution in [-0.2, 0) is 6.61 Å². The van der Waals surface area contributed by atoms with Gasteiger partial charge in [-0.25, -0.2) is 9.48 Å². The standard InChI is InChI=1S/C27H26N2O3/c30-27(31)21-11-16-24-25(17-21)28-29(26(24)20-9-5-2-6-10-20)22-12-14-23(15-13-22)32-18-19-7-3-1-4-8-19/h1,3-4,7-8,11-17,20H,2,5-6,9-10,18H2,(H,30,31). The summed E-state index contributed by atoms with van der Waals surface area (Å²) in [6.45, 7) is 0.525. The Balaban J connectivity index is 1.48. The third kappa shape index (κ3) is 4.11. The van der Waals surface area contributed by atoms with E-state index in [9.17, 15) is 9.90 Å². The molecule has 1 saturated carbocycles. The van der Waals surface area contributed by atoms with Crippen LogP contribution in [0.4, 0.5) is 0 Å². The maximum atomic E-state index is 11.5. The van der Waals surface area contributed by atoms with E-state index in [1.807, 2.05) is 65.3 Å². The number of hydrogen-bond acceptors (Lipinski definition) is 3. The van der Waals surface area contributed by atoms with Gasteiger partial charge in [0, 0.05) is 11.3 Å². The summed E-state index contributed by atoms with van der Waals surface area (Å²) in [5.41, 5.74) is 4.28. The van der Waals surface area contributed by atoms with Gasteiger partial charge in [0.2, 0.25) is 0 Å². The van der Waals surface area contributed by atoms with Crippen molar-refractivity contribution in [2.45, 2.75) is 44.6 Å². The largest absolute Gasteiger partial charge is 0.489 e. The highest BCUT2D eigenvalue weighted by Gasteiger charge is 2.24. The molecule has 4 aromatic rings. The molecule has 0 bridgehead atoms. The van der Waals surface area contributed by atoms with Crippen LogP contribution >= 0.6 is 0 Å². The van der Waals surface area contributed by atoms with Gasteiger partial charge < -0.3 is 9.84 Å². The zero-order valence-electron chi connectivity index (χ0n) is 17.9. The molecule has 0 radical (unpaired) electrons. The average Bonchev–Trinajstić information content (AvgIpc) is 3.23. The molecule has 1 fully saturated rings. The van der Waals surface area contributed by atoms with E-state index >= 15 is 0 Å². The minimum absolute atomic E-state index is 0.266. The number of nitrogens with zero attached hydrogens (tertiary/aromatic N) is 2. The van der Waals surface area contributed by atoms with Crippen molar-refractivity contribution in [3.63, 3.8) is 0 Å². The molecule has 1 N–H and O–H groups in total. The molecular formula is C27H26N2O3. The van der Waals surface area contributed by atoms with Gasteiger partial charge in [0.15, 0.2) is 0 Å². The predicted molar refractivity (Wildman–Crippen MR) is 125 cm³/mol. The van der Waals surface area contributed by atoms with Crippen molar-refractivity contribution in [1.82, 2.24) is 9.78 Å². The first-order chi connectivity index (χ1) is 15.7. The molecule has 1 heterocycles. The van der Waals surface area contributed by atoms with Crippen molar-refractivity contribution in [3.05, 3.63) is 89.6 Å². The molecule has 0 spiro atoms. The zero-order valence-corrected chi connectivity index (χ0v) is 17.9. The molecule has 1 aliphatic rings. The topological polar surface area (TPSA) is 64.3 Å². The van der Waals surface area contributed by atoms with E-state index < -0.39 is 5.97 Å². The molecule has 0 aliphatic heterocycles. The van der Waals surface area contributed by atoms with Gasteiger partial charge in [-0.05, 0) is 54.8 Å². The predicted octanol–water partition coefficient (Wildman–Crippen LogP) is 6.35. The van der Waals surface area contributed by atoms with Crippen LogP contribution in [0.15, 0.2) is 72.8 Å². The Bertz CT molecular complexity index is 1220. The number of carboxylic acids is 1. The number of carboxylic acid groups (broad SMARTS) is 1. The van der Waals surface area contributed by atoms with Crippen LogP contribution in [0.2, 0.25) is 0 Å². The van der Waals surface area contributed by atoms with Crippen LogP contribution < -0.4 is 4.74 Å². The van der Waals surface area contributed by atoms with E-state index in [0.717, 1.165) is 40.7 Å². The first kappa shape index (κ1) is 20.3. The first-order valence-electron chi connectivity index (χ1n) is 11.2. The highest BCUT2D eigenvalue weighted by atomic mass is 16.5. The van der Waals surface area contributed by atoms with Gasteiger partial charge in [-0.2, -0.15) is 5.10 Å². The molecule has 5 heteroatoms. The summed E-state index contributed by atoms with van der Waals surface area (Å²) >= 11 is 0. The molecule has 5 nitrogen and oxygen atoms in total. The summed E-state index contributed by atoms with van der Waals surface area (Å²) in [4.78, 5) is 11.5. The van der Waals surface area contributed by atoms with E-state index in [1.165, 1.54) is 25.0 Å². The molecule has 32 heavy (non-hydrogen) atoms. The van der Waals surface area contributed by atoms with Crippen molar-refractivity contribution in [2.24, 2.45) is 0 Å². The van der Waals surface area contributed by atoms with Crippen LogP contribution in [0.25, 0.3) is 16.6 Å². The summed E-state index contributed by atoms with van der Waals surface area (Å²) in [7, 11) is 0. The van der Waals surface area contributed by atoms with Gasteiger partial charge in [-0.15, -0.1) is 0 Å². The minimum atomic E-state index is -0.930. The van der Waals surface area contributed by atoms with Crippen LogP contribution in [0, 0.1) is 0 Å². The number of ether oxygens (including phenoxy) is 1. The Labute approximate surface area is 187 Å². The fourth-order valence-corrected chi connectivity index (χ4v) is 4.63. The highest BCUT2D eigenvalue weighted by Crippen LogP contribution is 2.38. The molecule has 0 atom stereocenters. The quantitative estimate of drug-likeness (QED) is 0.390. The Kier molecular flexibility index (Phi) is 5.63. The van der Waals surface area contributed by atoms with Crippen LogP contribution in [0.1, 0.15) is 59.6 Å². The van der Waals surface area contributed by atoms with Crippen molar-refractivity contribution >= 4 is 16.9 Å². The third-order valence-corrected chi connectivity index (χ3v) is 6.28. The summed E-state index contributed by atoms with van der Waals surface area (Å²) in [5, 5.41) is 15.3. The second kappa shape index (κ2) is 8.87. The molecule has 0 unspecified atom stereocenters. The first-order valence-corrected chi connectivity index (χ1v) is 11.2. The summed E-state index contributed by atoms with van der Waals surface area (Å²) in [5.74, 6) is 0.306. The fraction of sp³-hybridized carbons (Fsp3) is 0.259. The second-order valence-electron chi connectivity index (χ2n) is 8.44. The SMILES string of the molecule is O=C(O)c1ccc2c(C3CCCCC3)n(-c3ccc(OCc4ccccc4)cc3)nc2c1. The molecule has 1 aliphatic carbocycles. The third-order valence-electron chi connectivity index (χ3n) is 6.28. The Morgan fingerprint density at radius 2 is 1.72 bits per heavy atom. The van der Waals surface area contributed by atoms with Crippen LogP contribution in [0.3, 0.4) is 0 Å². The lowest BCUT2D eigenvalue weighted by Gasteiger charge is -2.23. The highest BCUT2D eigenvalue weighted by molar-refractivity contribution is 5.94. The number of hydrogen-bond donors (Lipinski definition) is 1. The number of benzene rings is 3. The number of carbonyl (C=O) groups is 1. The summed E-state index contributed by atoms with van der Waals surface area (Å²) in [6.07, 6.45) is 5.99. The average molecular weight is 427 g/mol. The van der Waals surface area contributed by atoms with Gasteiger partial charge in [-0.1, -0.05) is 55.7 Å². The van der Waals surface area contributed by atoms with Crippen LogP contribution in [-0.4, -0.2) is 20.9 Å². The van der Waals surface area contributed by atoms with Gasteiger partial charge in [0.1, 0.15) is 12.4 Å². The molecule has 0 saturated heterocycles. The smallest absolute Gasteiger partial charge is 0.335 e. The maximum absolute atomic E-state index is 11.5. The minimum Gasteiger partial charge on any atom is -0.489 e. The lowest BCUT2D eigenvalue weighted by Crippen LogP contribution is -2.11. The van der Waals surface area contributed by atoms with Crippen LogP contribution in [0.5, 0.6) is 5.75 Å². The van der Waals surface area contributed by atoms with Crippen molar-refractivity contribution in [2.75, 3.05) is 0 Å². The van der Waals surface area contributed by atoms with Crippen molar-refractivity contribution < 1.29 is 14.6 Å². The molecule has 0 amide bonds. The van der Waals surface area contributed by atoms with E-state index in [4.69, 9.17) is 9.84 Å². The maximum Gasteiger partial charge on any atom is 0.335 e. The van der Waals surface area contributed by atoms with Gasteiger partial charge in [0.05, 0.1) is 22.5 Å². The lowest BCUT2D eigenvalue weighted by atomic mass is 9.85. The Hall–Kier alpha value is -3.60. The molecule has 3 aromatic carbocycles. The normalized spacial score (nSPS) is 14.5. The Morgan fingerprint density at radius 3 is 2.44 bits per heavy atom. The van der Waals surface area contributed by atoms with E-state index in [0.29, 0.717) is 12.5 Å². The van der Waals surface area contributed by atoms with Gasteiger partial charge >= 0.3 is 5.97 Å². The number of aromatic carboxylic acids is 1. The summed E-state index contributed by atoms with van der Waals surface area (Å²) in [6, 6.07) is 23.4. The molecule has 162 valence electrons. The van der Waals surface area contributed by atoms with Crippen molar-refractivity contribution in [1.29, 1.82) is 0 Å². The zero-order chi connectivity index (χ0) is 21.9. The fourth-order valence-electron chi connectivity index (χ4n) is 4.63. The van der Waals surface area contributed by atoms with E-state index in [-0.39, 0.29) is 5.56 Å². The monoisotopic (exact) mass is 426 g/mol. The molecular weight excluding hydrogens is 400 g/mol. The number of aromatic nitrogens is 2. The number of fused-ring (bicyclic) bond motifs is 1. The van der Waals surface area contributed by atoms with Gasteiger partial charge in [-0.3, -0.25) is 0 Å². The second-order valence-corrected chi connectivity index (χ2v) is 8.44. The molecule has 5 rings (SSSR count). The number of rotatable bonds is 6. The Morgan fingerprint density at radius 1 is 0.969 bits per heavy atom. The lowest BCUT2D eigenvalue weighted by molar-refractivity contribution is 0.0697. The van der Waals surface area contributed by atoms with Crippen molar-refractivity contribution in [3.8, 4) is 11.4 Å². The molecule has 1 aromatic heterocycles. The summed E-state index contributed by atoms with van der Waals surface area (Å²) < 4.78 is 7.94. The van der Waals surface area contributed by atoms with E-state index in [2.05, 4.69) is 0 Å². The van der Waals surface area contributed by atoms with Gasteiger partial charge in [0.25, 0.3) is 0 Å². The van der Waals surface area contributed by atoms with E-state index in [1.54, 1.807) is 12.1 Å².